The highest BCUT2D eigenvalue weighted by molar-refractivity contribution is 5.78. The average molecular weight is 371 g/mol. The molecule has 0 atom stereocenters. The van der Waals surface area contributed by atoms with Crippen molar-refractivity contribution in [1.29, 1.82) is 0 Å². The number of carbonyl (C=O) groups is 1. The number of aromatic nitrogens is 4. The fourth-order valence-corrected chi connectivity index (χ4v) is 2.79. The molecular formula is C18H21N5O4. The molecule has 2 heterocycles. The van der Waals surface area contributed by atoms with Gasteiger partial charge in [-0.25, -0.2) is 9.78 Å². The molecule has 9 heteroatoms. The topological polar surface area (TPSA) is 100 Å². The molecule has 0 aliphatic rings. The van der Waals surface area contributed by atoms with Gasteiger partial charge in [0.1, 0.15) is 18.9 Å². The number of rotatable bonds is 6. The van der Waals surface area contributed by atoms with Gasteiger partial charge >= 0.3 is 5.69 Å². The summed E-state index contributed by atoms with van der Waals surface area (Å²) in [5.74, 6) is 0.465. The maximum Gasteiger partial charge on any atom is 0.332 e. The van der Waals surface area contributed by atoms with E-state index in [1.807, 2.05) is 31.2 Å². The van der Waals surface area contributed by atoms with Crippen molar-refractivity contribution in [3.8, 4) is 5.75 Å². The Morgan fingerprint density at radius 2 is 2.00 bits per heavy atom. The highest BCUT2D eigenvalue weighted by Gasteiger charge is 2.15. The molecule has 0 saturated carbocycles. The normalized spacial score (nSPS) is 10.9. The molecule has 0 aliphatic heterocycles. The third-order valence-corrected chi connectivity index (χ3v) is 4.21. The minimum Gasteiger partial charge on any atom is -0.492 e. The summed E-state index contributed by atoms with van der Waals surface area (Å²) in [6.45, 7) is 2.56. The van der Waals surface area contributed by atoms with Gasteiger partial charge in [-0.15, -0.1) is 0 Å². The van der Waals surface area contributed by atoms with E-state index in [0.29, 0.717) is 13.2 Å². The van der Waals surface area contributed by atoms with Gasteiger partial charge in [0.2, 0.25) is 5.91 Å². The molecule has 2 aromatic heterocycles. The van der Waals surface area contributed by atoms with Crippen LogP contribution in [-0.4, -0.2) is 37.7 Å². The van der Waals surface area contributed by atoms with Crippen LogP contribution in [0.5, 0.6) is 5.75 Å². The Bertz CT molecular complexity index is 1110. The van der Waals surface area contributed by atoms with Gasteiger partial charge in [-0.3, -0.25) is 18.7 Å². The second-order valence-corrected chi connectivity index (χ2v) is 6.27. The van der Waals surface area contributed by atoms with Crippen molar-refractivity contribution in [3.63, 3.8) is 0 Å². The summed E-state index contributed by atoms with van der Waals surface area (Å²) in [5, 5.41) is 2.74. The van der Waals surface area contributed by atoms with Gasteiger partial charge in [0.05, 0.1) is 12.9 Å². The smallest absolute Gasteiger partial charge is 0.332 e. The summed E-state index contributed by atoms with van der Waals surface area (Å²) >= 11 is 0. The molecule has 1 N–H and O–H groups in total. The van der Waals surface area contributed by atoms with Crippen LogP contribution in [0.4, 0.5) is 0 Å². The number of hydrogen-bond acceptors (Lipinski definition) is 5. The largest absolute Gasteiger partial charge is 0.492 e. The molecule has 9 nitrogen and oxygen atoms in total. The lowest BCUT2D eigenvalue weighted by Gasteiger charge is -2.09. The minimum absolute atomic E-state index is 0.0750. The Morgan fingerprint density at radius 1 is 1.22 bits per heavy atom. The standard InChI is InChI=1S/C18H21N5O4/c1-12-5-4-6-13(9-12)27-8-7-19-14(24)10-23-11-20-16-15(23)17(25)22(3)18(26)21(16)2/h4-6,9,11H,7-8,10H2,1-3H3,(H,19,24). The quantitative estimate of drug-likeness (QED) is 0.612. The molecule has 1 aromatic carbocycles. The number of hydrogen-bond donors (Lipinski definition) is 1. The Kier molecular flexibility index (Phi) is 5.11. The van der Waals surface area contributed by atoms with Crippen LogP contribution in [0.15, 0.2) is 40.2 Å². The molecule has 0 fully saturated rings. The summed E-state index contributed by atoms with van der Waals surface area (Å²) in [6.07, 6.45) is 1.38. The van der Waals surface area contributed by atoms with Crippen LogP contribution in [0.2, 0.25) is 0 Å². The van der Waals surface area contributed by atoms with Gasteiger partial charge in [0.15, 0.2) is 11.2 Å². The molecule has 3 rings (SSSR count). The molecule has 0 saturated heterocycles. The van der Waals surface area contributed by atoms with Crippen molar-refractivity contribution in [1.82, 2.24) is 24.0 Å². The zero-order valence-corrected chi connectivity index (χ0v) is 15.4. The number of imidazole rings is 1. The maximum absolute atomic E-state index is 12.3. The number of ether oxygens (including phenoxy) is 1. The summed E-state index contributed by atoms with van der Waals surface area (Å²) in [6, 6.07) is 7.65. The lowest BCUT2D eigenvalue weighted by atomic mass is 10.2. The number of carbonyl (C=O) groups excluding carboxylic acids is 1. The SMILES string of the molecule is Cc1cccc(OCCNC(=O)Cn2cnc3c2c(=O)n(C)c(=O)n3C)c1. The molecule has 27 heavy (non-hydrogen) atoms. The summed E-state index contributed by atoms with van der Waals surface area (Å²) < 4.78 is 9.29. The van der Waals surface area contributed by atoms with Crippen molar-refractivity contribution in [2.24, 2.45) is 14.1 Å². The number of nitrogens with zero attached hydrogens (tertiary/aromatic N) is 4. The van der Waals surface area contributed by atoms with E-state index in [-0.39, 0.29) is 23.6 Å². The van der Waals surface area contributed by atoms with Crippen LogP contribution < -0.4 is 21.3 Å². The van der Waals surface area contributed by atoms with Gasteiger partial charge in [-0.1, -0.05) is 12.1 Å². The first kappa shape index (κ1) is 18.4. The highest BCUT2D eigenvalue weighted by atomic mass is 16.5. The third-order valence-electron chi connectivity index (χ3n) is 4.21. The van der Waals surface area contributed by atoms with Crippen LogP contribution >= 0.6 is 0 Å². The van der Waals surface area contributed by atoms with Crippen molar-refractivity contribution < 1.29 is 9.53 Å². The van der Waals surface area contributed by atoms with E-state index in [9.17, 15) is 14.4 Å². The number of nitrogens with one attached hydrogen (secondary N) is 1. The van der Waals surface area contributed by atoms with E-state index < -0.39 is 11.2 Å². The highest BCUT2D eigenvalue weighted by Crippen LogP contribution is 2.11. The lowest BCUT2D eigenvalue weighted by Crippen LogP contribution is -2.38. The molecule has 142 valence electrons. The second-order valence-electron chi connectivity index (χ2n) is 6.27. The molecule has 0 bridgehead atoms. The monoisotopic (exact) mass is 371 g/mol. The average Bonchev–Trinajstić information content (AvgIpc) is 3.05. The van der Waals surface area contributed by atoms with Crippen molar-refractivity contribution >= 4 is 17.1 Å². The van der Waals surface area contributed by atoms with Crippen molar-refractivity contribution in [3.05, 3.63) is 57.0 Å². The summed E-state index contributed by atoms with van der Waals surface area (Å²) in [7, 11) is 2.92. The summed E-state index contributed by atoms with van der Waals surface area (Å²) in [5.41, 5.74) is 0.612. The van der Waals surface area contributed by atoms with E-state index in [1.54, 1.807) is 0 Å². The molecule has 1 amide bonds. The van der Waals surface area contributed by atoms with Crippen LogP contribution in [0, 0.1) is 6.92 Å². The Labute approximate surface area is 154 Å². The van der Waals surface area contributed by atoms with Gasteiger partial charge in [0.25, 0.3) is 5.56 Å². The zero-order chi connectivity index (χ0) is 19.6. The molecule has 0 spiro atoms. The van der Waals surface area contributed by atoms with Gasteiger partial charge in [0, 0.05) is 14.1 Å². The number of aryl methyl sites for hydroxylation is 2. The van der Waals surface area contributed by atoms with Crippen molar-refractivity contribution in [2.45, 2.75) is 13.5 Å². The molecular weight excluding hydrogens is 350 g/mol. The predicted octanol–water partition coefficient (Wildman–Crippen LogP) is -0.0627. The fraction of sp³-hybridized carbons (Fsp3) is 0.333. The molecule has 0 radical (unpaired) electrons. The van der Waals surface area contributed by atoms with Gasteiger partial charge < -0.3 is 14.6 Å². The van der Waals surface area contributed by atoms with Crippen LogP contribution in [0.25, 0.3) is 11.2 Å². The number of benzene rings is 1. The summed E-state index contributed by atoms with van der Waals surface area (Å²) in [4.78, 5) is 40.5. The second kappa shape index (κ2) is 7.48. The van der Waals surface area contributed by atoms with Crippen LogP contribution in [0.1, 0.15) is 5.56 Å². The predicted molar refractivity (Wildman–Crippen MR) is 99.9 cm³/mol. The first-order chi connectivity index (χ1) is 12.9. The maximum atomic E-state index is 12.3. The van der Waals surface area contributed by atoms with E-state index in [4.69, 9.17) is 4.74 Å². The number of fused-ring (bicyclic) bond motifs is 1. The Balaban J connectivity index is 1.63. The molecule has 0 aliphatic carbocycles. The van der Waals surface area contributed by atoms with Crippen LogP contribution in [-0.2, 0) is 25.4 Å². The Hall–Kier alpha value is -3.36. The van der Waals surface area contributed by atoms with Gasteiger partial charge in [-0.2, -0.15) is 0 Å². The minimum atomic E-state index is -0.485. The molecule has 0 unspecified atom stereocenters. The van der Waals surface area contributed by atoms with E-state index >= 15 is 0 Å². The first-order valence-electron chi connectivity index (χ1n) is 8.45. The van der Waals surface area contributed by atoms with E-state index in [2.05, 4.69) is 10.3 Å². The zero-order valence-electron chi connectivity index (χ0n) is 15.4. The Morgan fingerprint density at radius 3 is 2.74 bits per heavy atom. The van der Waals surface area contributed by atoms with Crippen molar-refractivity contribution in [2.75, 3.05) is 13.2 Å². The lowest BCUT2D eigenvalue weighted by molar-refractivity contribution is -0.121. The number of amides is 1. The van der Waals surface area contributed by atoms with E-state index in [1.165, 1.54) is 29.6 Å². The molecule has 3 aromatic rings. The fourth-order valence-electron chi connectivity index (χ4n) is 2.79. The third kappa shape index (κ3) is 3.76. The van der Waals surface area contributed by atoms with E-state index in [0.717, 1.165) is 15.9 Å². The first-order valence-corrected chi connectivity index (χ1v) is 8.45. The van der Waals surface area contributed by atoms with Gasteiger partial charge in [-0.05, 0) is 24.6 Å². The van der Waals surface area contributed by atoms with Crippen LogP contribution in [0.3, 0.4) is 0 Å².